The Hall–Kier alpha value is -2.08. The van der Waals surface area contributed by atoms with Crippen molar-refractivity contribution >= 4 is 29.3 Å². The summed E-state index contributed by atoms with van der Waals surface area (Å²) >= 11 is 6.06. The van der Waals surface area contributed by atoms with E-state index in [0.717, 1.165) is 25.9 Å². The lowest BCUT2D eigenvalue weighted by Crippen LogP contribution is -2.51. The Morgan fingerprint density at radius 3 is 2.21 bits per heavy atom. The monoisotopic (exact) mass is 419 g/mol. The van der Waals surface area contributed by atoms with Crippen LogP contribution in [0.4, 0.5) is 0 Å². The molecule has 0 radical (unpaired) electrons. The first-order valence-corrected chi connectivity index (χ1v) is 11.0. The molecule has 2 heterocycles. The van der Waals surface area contributed by atoms with E-state index in [1.807, 2.05) is 4.90 Å². The number of piperidine rings is 1. The van der Waals surface area contributed by atoms with Crippen LogP contribution < -0.4 is 5.32 Å². The van der Waals surface area contributed by atoms with Crippen molar-refractivity contribution in [3.63, 3.8) is 0 Å². The summed E-state index contributed by atoms with van der Waals surface area (Å²) in [4.78, 5) is 41.7. The number of benzene rings is 1. The number of carbonyl (C=O) groups is 3. The van der Waals surface area contributed by atoms with Gasteiger partial charge in [-0.25, -0.2) is 0 Å². The molecule has 29 heavy (non-hydrogen) atoms. The van der Waals surface area contributed by atoms with Gasteiger partial charge in [0.1, 0.15) is 6.04 Å². The quantitative estimate of drug-likeness (QED) is 0.815. The van der Waals surface area contributed by atoms with Gasteiger partial charge in [-0.3, -0.25) is 14.4 Å². The number of hydrogen-bond donors (Lipinski definition) is 1. The zero-order valence-corrected chi connectivity index (χ0v) is 17.8. The largest absolute Gasteiger partial charge is 0.342 e. The maximum Gasteiger partial charge on any atom is 0.253 e. The third kappa shape index (κ3) is 5.50. The zero-order valence-electron chi connectivity index (χ0n) is 17.0. The van der Waals surface area contributed by atoms with Crippen molar-refractivity contribution < 1.29 is 14.4 Å². The van der Waals surface area contributed by atoms with E-state index in [-0.39, 0.29) is 23.6 Å². The number of hydrogen-bond acceptors (Lipinski definition) is 3. The van der Waals surface area contributed by atoms with Gasteiger partial charge in [-0.2, -0.15) is 0 Å². The lowest BCUT2D eigenvalue weighted by molar-refractivity contribution is -0.141. The van der Waals surface area contributed by atoms with Gasteiger partial charge in [-0.05, 0) is 44.7 Å². The van der Waals surface area contributed by atoms with Gasteiger partial charge in [-0.15, -0.1) is 0 Å². The van der Waals surface area contributed by atoms with Crippen molar-refractivity contribution in [1.82, 2.24) is 15.1 Å². The first kappa shape index (κ1) is 21.6. The predicted molar refractivity (Wildman–Crippen MR) is 113 cm³/mol. The third-order valence-electron chi connectivity index (χ3n) is 5.91. The van der Waals surface area contributed by atoms with Crippen LogP contribution in [0.5, 0.6) is 0 Å². The summed E-state index contributed by atoms with van der Waals surface area (Å²) in [6.45, 7) is 4.52. The summed E-state index contributed by atoms with van der Waals surface area (Å²) in [5.74, 6) is -0.224. The van der Waals surface area contributed by atoms with Gasteiger partial charge in [0.2, 0.25) is 11.8 Å². The molecule has 0 aromatic heterocycles. The maximum atomic E-state index is 12.8. The van der Waals surface area contributed by atoms with Crippen LogP contribution in [0.2, 0.25) is 5.02 Å². The average molecular weight is 420 g/mol. The topological polar surface area (TPSA) is 69.7 Å². The lowest BCUT2D eigenvalue weighted by Gasteiger charge is -2.35. The number of likely N-dealkylation sites (tertiary alicyclic amines) is 2. The second kappa shape index (κ2) is 10.1. The highest BCUT2D eigenvalue weighted by atomic mass is 35.5. The van der Waals surface area contributed by atoms with Crippen LogP contribution in [0.3, 0.4) is 0 Å². The van der Waals surface area contributed by atoms with Gasteiger partial charge in [0, 0.05) is 32.1 Å². The van der Waals surface area contributed by atoms with E-state index in [1.54, 1.807) is 36.1 Å². The van der Waals surface area contributed by atoms with Crippen LogP contribution in [0.25, 0.3) is 0 Å². The van der Waals surface area contributed by atoms with E-state index in [9.17, 15) is 14.4 Å². The summed E-state index contributed by atoms with van der Waals surface area (Å²) < 4.78 is 0. The minimum atomic E-state index is -0.642. The number of carbonyl (C=O) groups excluding carboxylic acids is 3. The van der Waals surface area contributed by atoms with Gasteiger partial charge in [0.25, 0.3) is 5.91 Å². The standard InChI is InChI=1S/C22H30ClN3O3/c1-16(24-20(27)18-8-4-5-9-19(18)23)21(28)26-14-10-17(11-15-26)22(29)25-12-6-2-3-7-13-25/h4-5,8-9,16-17H,2-3,6-7,10-15H2,1H3,(H,24,27)/t16-/m0/s1. The molecule has 3 amide bonds. The average Bonchev–Trinajstić information content (AvgIpc) is 3.02. The molecule has 1 aromatic rings. The Kier molecular flexibility index (Phi) is 7.53. The van der Waals surface area contributed by atoms with Gasteiger partial charge in [0.05, 0.1) is 10.6 Å². The summed E-state index contributed by atoms with van der Waals surface area (Å²) in [7, 11) is 0. The molecule has 6 nitrogen and oxygen atoms in total. The molecule has 0 spiro atoms. The first-order chi connectivity index (χ1) is 14.0. The first-order valence-electron chi connectivity index (χ1n) is 10.6. The van der Waals surface area contributed by atoms with Crippen molar-refractivity contribution in [2.45, 2.75) is 51.5 Å². The number of halogens is 1. The van der Waals surface area contributed by atoms with E-state index < -0.39 is 6.04 Å². The molecule has 2 aliphatic heterocycles. The van der Waals surface area contributed by atoms with Crippen molar-refractivity contribution in [1.29, 1.82) is 0 Å². The zero-order chi connectivity index (χ0) is 20.8. The molecule has 1 N–H and O–H groups in total. The Labute approximate surface area is 177 Å². The number of nitrogens with one attached hydrogen (secondary N) is 1. The summed E-state index contributed by atoms with van der Waals surface area (Å²) in [5.41, 5.74) is 0.357. The normalized spacial score (nSPS) is 19.4. The highest BCUT2D eigenvalue weighted by Gasteiger charge is 2.32. The smallest absolute Gasteiger partial charge is 0.253 e. The third-order valence-corrected chi connectivity index (χ3v) is 6.24. The number of amides is 3. The van der Waals surface area contributed by atoms with Crippen LogP contribution >= 0.6 is 11.6 Å². The fourth-order valence-electron chi connectivity index (χ4n) is 4.15. The molecule has 7 heteroatoms. The molecule has 0 saturated carbocycles. The van der Waals surface area contributed by atoms with Crippen LogP contribution in [0, 0.1) is 5.92 Å². The Morgan fingerprint density at radius 2 is 1.59 bits per heavy atom. The van der Waals surface area contributed by atoms with Crippen molar-refractivity contribution in [2.75, 3.05) is 26.2 Å². The van der Waals surface area contributed by atoms with Crippen molar-refractivity contribution in [3.8, 4) is 0 Å². The molecule has 1 aromatic carbocycles. The molecule has 2 fully saturated rings. The van der Waals surface area contributed by atoms with Crippen LogP contribution in [0.1, 0.15) is 55.8 Å². The second-order valence-corrected chi connectivity index (χ2v) is 8.42. The van der Waals surface area contributed by atoms with E-state index in [0.29, 0.717) is 36.5 Å². The van der Waals surface area contributed by atoms with Gasteiger partial charge >= 0.3 is 0 Å². The number of rotatable bonds is 4. The minimum absolute atomic E-state index is 0.00479. The predicted octanol–water partition coefficient (Wildman–Crippen LogP) is 3.10. The highest BCUT2D eigenvalue weighted by molar-refractivity contribution is 6.33. The van der Waals surface area contributed by atoms with E-state index in [4.69, 9.17) is 11.6 Å². The summed E-state index contributed by atoms with van der Waals surface area (Å²) in [6.07, 6.45) is 5.96. The Morgan fingerprint density at radius 1 is 0.966 bits per heavy atom. The molecule has 3 rings (SSSR count). The SMILES string of the molecule is C[C@H](NC(=O)c1ccccc1Cl)C(=O)N1CCC(C(=O)N2CCCCCC2)CC1. The molecule has 2 aliphatic rings. The van der Waals surface area contributed by atoms with E-state index in [2.05, 4.69) is 5.32 Å². The molecular weight excluding hydrogens is 390 g/mol. The molecule has 158 valence electrons. The second-order valence-electron chi connectivity index (χ2n) is 8.01. The lowest BCUT2D eigenvalue weighted by atomic mass is 9.94. The van der Waals surface area contributed by atoms with Crippen LogP contribution in [-0.2, 0) is 9.59 Å². The van der Waals surface area contributed by atoms with Crippen LogP contribution in [-0.4, -0.2) is 59.7 Å². The Bertz CT molecular complexity index is 739. The van der Waals surface area contributed by atoms with Gasteiger partial charge in [-0.1, -0.05) is 36.6 Å². The summed E-state index contributed by atoms with van der Waals surface area (Å²) in [6, 6.07) is 6.13. The molecule has 0 aliphatic carbocycles. The molecule has 1 atom stereocenters. The van der Waals surface area contributed by atoms with E-state index in [1.165, 1.54) is 12.8 Å². The van der Waals surface area contributed by atoms with Crippen molar-refractivity contribution in [2.24, 2.45) is 5.92 Å². The molecule has 2 saturated heterocycles. The molecular formula is C22H30ClN3O3. The fourth-order valence-corrected chi connectivity index (χ4v) is 4.37. The van der Waals surface area contributed by atoms with Crippen molar-refractivity contribution in [3.05, 3.63) is 34.9 Å². The van der Waals surface area contributed by atoms with Gasteiger partial charge in [0.15, 0.2) is 0 Å². The Balaban J connectivity index is 1.49. The highest BCUT2D eigenvalue weighted by Crippen LogP contribution is 2.22. The van der Waals surface area contributed by atoms with Crippen LogP contribution in [0.15, 0.2) is 24.3 Å². The maximum absolute atomic E-state index is 12.8. The minimum Gasteiger partial charge on any atom is -0.342 e. The van der Waals surface area contributed by atoms with E-state index >= 15 is 0 Å². The summed E-state index contributed by atoms with van der Waals surface area (Å²) in [5, 5.41) is 3.10. The molecule has 0 unspecified atom stereocenters. The molecule has 0 bridgehead atoms. The fraction of sp³-hybridized carbons (Fsp3) is 0.591. The number of nitrogens with zero attached hydrogens (tertiary/aromatic N) is 2. The van der Waals surface area contributed by atoms with Gasteiger partial charge < -0.3 is 15.1 Å².